The Balaban J connectivity index is 2.46. The molecule has 0 spiro atoms. The molecule has 1 N–H and O–H groups in total. The highest BCUT2D eigenvalue weighted by atomic mass is 19.4. The maximum absolute atomic E-state index is 12.1. The number of hydrogen-bond acceptors (Lipinski definition) is 3. The molecule has 0 bridgehead atoms. The van der Waals surface area contributed by atoms with Crippen LogP contribution in [0, 0.1) is 0 Å². The highest BCUT2D eigenvalue weighted by Gasteiger charge is 2.34. The Labute approximate surface area is 92.1 Å². The van der Waals surface area contributed by atoms with Crippen molar-refractivity contribution in [3.05, 3.63) is 23.8 Å². The highest BCUT2D eigenvalue weighted by Crippen LogP contribution is 2.25. The molecule has 0 amide bonds. The van der Waals surface area contributed by atoms with Crippen LogP contribution < -0.4 is 5.32 Å². The smallest absolute Gasteiger partial charge is 0.316 e. The first-order chi connectivity index (χ1) is 7.54. The Hall–Kier alpha value is -1.17. The van der Waals surface area contributed by atoms with Crippen LogP contribution in [0.15, 0.2) is 12.4 Å². The van der Waals surface area contributed by atoms with Crippen LogP contribution in [0.5, 0.6) is 0 Å². The largest absolute Gasteiger partial charge is 0.451 e. The lowest BCUT2D eigenvalue weighted by atomic mass is 10.2. The molecule has 90 valence electrons. The average molecular weight is 233 g/mol. The minimum Gasteiger partial charge on any atom is -0.316 e. The van der Waals surface area contributed by atoms with Gasteiger partial charge in [-0.1, -0.05) is 6.92 Å². The standard InChI is InChI=1S/C10H14F3N3/c1-2-4-14-5-3-8-6-15-9(16-7-8)10(11,12)13/h6-7,14H,2-5H2,1H3. The number of nitrogens with one attached hydrogen (secondary N) is 1. The van der Waals surface area contributed by atoms with Gasteiger partial charge >= 0.3 is 6.18 Å². The summed E-state index contributed by atoms with van der Waals surface area (Å²) in [7, 11) is 0. The van der Waals surface area contributed by atoms with E-state index in [2.05, 4.69) is 15.3 Å². The second kappa shape index (κ2) is 5.79. The zero-order chi connectivity index (χ0) is 12.0. The molecule has 0 fully saturated rings. The van der Waals surface area contributed by atoms with E-state index < -0.39 is 12.0 Å². The summed E-state index contributed by atoms with van der Waals surface area (Å²) in [4.78, 5) is 6.57. The van der Waals surface area contributed by atoms with E-state index in [1.165, 1.54) is 12.4 Å². The molecular weight excluding hydrogens is 219 g/mol. The van der Waals surface area contributed by atoms with Crippen molar-refractivity contribution in [1.82, 2.24) is 15.3 Å². The van der Waals surface area contributed by atoms with Crippen molar-refractivity contribution in [2.45, 2.75) is 25.9 Å². The molecule has 6 heteroatoms. The number of halogens is 3. The lowest BCUT2D eigenvalue weighted by Gasteiger charge is -2.05. The average Bonchev–Trinajstić information content (AvgIpc) is 2.24. The first-order valence-corrected chi connectivity index (χ1v) is 5.13. The SMILES string of the molecule is CCCNCCc1cnc(C(F)(F)F)nc1. The van der Waals surface area contributed by atoms with Crippen LogP contribution in [0.2, 0.25) is 0 Å². The zero-order valence-electron chi connectivity index (χ0n) is 9.01. The van der Waals surface area contributed by atoms with Crippen molar-refractivity contribution in [1.29, 1.82) is 0 Å². The summed E-state index contributed by atoms with van der Waals surface area (Å²) in [6.45, 7) is 3.68. The lowest BCUT2D eigenvalue weighted by Crippen LogP contribution is -2.18. The fourth-order valence-corrected chi connectivity index (χ4v) is 1.16. The third-order valence-electron chi connectivity index (χ3n) is 1.98. The highest BCUT2D eigenvalue weighted by molar-refractivity contribution is 5.06. The fourth-order valence-electron chi connectivity index (χ4n) is 1.16. The number of hydrogen-bond donors (Lipinski definition) is 1. The zero-order valence-corrected chi connectivity index (χ0v) is 9.01. The van der Waals surface area contributed by atoms with Gasteiger partial charge in [-0.25, -0.2) is 9.97 Å². The van der Waals surface area contributed by atoms with Crippen molar-refractivity contribution in [2.75, 3.05) is 13.1 Å². The molecule has 0 aliphatic carbocycles. The number of rotatable bonds is 5. The second-order valence-electron chi connectivity index (χ2n) is 3.41. The van der Waals surface area contributed by atoms with E-state index in [1.54, 1.807) is 0 Å². The molecule has 16 heavy (non-hydrogen) atoms. The van der Waals surface area contributed by atoms with Crippen LogP contribution in [0.1, 0.15) is 24.7 Å². The minimum absolute atomic E-state index is 0.637. The van der Waals surface area contributed by atoms with Gasteiger partial charge in [0.1, 0.15) is 0 Å². The molecule has 0 unspecified atom stereocenters. The Kier molecular flexibility index (Phi) is 4.67. The summed E-state index contributed by atoms with van der Waals surface area (Å²) in [5, 5.41) is 3.15. The minimum atomic E-state index is -4.46. The summed E-state index contributed by atoms with van der Waals surface area (Å²) < 4.78 is 36.4. The van der Waals surface area contributed by atoms with Gasteiger partial charge in [0.2, 0.25) is 5.82 Å². The van der Waals surface area contributed by atoms with E-state index >= 15 is 0 Å². The maximum Gasteiger partial charge on any atom is 0.451 e. The number of alkyl halides is 3. The predicted molar refractivity (Wildman–Crippen MR) is 53.9 cm³/mol. The fraction of sp³-hybridized carbons (Fsp3) is 0.600. The van der Waals surface area contributed by atoms with E-state index in [0.717, 1.165) is 19.5 Å². The van der Waals surface area contributed by atoms with Crippen molar-refractivity contribution in [3.63, 3.8) is 0 Å². The van der Waals surface area contributed by atoms with Crippen LogP contribution in [0.4, 0.5) is 13.2 Å². The second-order valence-corrected chi connectivity index (χ2v) is 3.41. The van der Waals surface area contributed by atoms with Crippen molar-refractivity contribution in [2.24, 2.45) is 0 Å². The van der Waals surface area contributed by atoms with Gasteiger partial charge in [-0.3, -0.25) is 0 Å². The number of nitrogens with zero attached hydrogens (tertiary/aromatic N) is 2. The van der Waals surface area contributed by atoms with Crippen LogP contribution in [0.25, 0.3) is 0 Å². The van der Waals surface area contributed by atoms with Gasteiger partial charge in [-0.2, -0.15) is 13.2 Å². The monoisotopic (exact) mass is 233 g/mol. The predicted octanol–water partition coefficient (Wildman–Crippen LogP) is 2.04. The lowest BCUT2D eigenvalue weighted by molar-refractivity contribution is -0.145. The third-order valence-corrected chi connectivity index (χ3v) is 1.98. The molecular formula is C10H14F3N3. The summed E-state index contributed by atoms with van der Waals surface area (Å²) in [6.07, 6.45) is -0.340. The maximum atomic E-state index is 12.1. The summed E-state index contributed by atoms with van der Waals surface area (Å²) in [5.41, 5.74) is 0.705. The van der Waals surface area contributed by atoms with Gasteiger partial charge in [0.25, 0.3) is 0 Å². The Morgan fingerprint density at radius 1 is 1.19 bits per heavy atom. The molecule has 0 saturated heterocycles. The van der Waals surface area contributed by atoms with E-state index in [1.807, 2.05) is 6.92 Å². The van der Waals surface area contributed by atoms with E-state index in [4.69, 9.17) is 0 Å². The van der Waals surface area contributed by atoms with E-state index in [-0.39, 0.29) is 0 Å². The van der Waals surface area contributed by atoms with Gasteiger partial charge in [-0.15, -0.1) is 0 Å². The first kappa shape index (κ1) is 12.9. The molecule has 1 aromatic rings. The van der Waals surface area contributed by atoms with E-state index in [0.29, 0.717) is 12.0 Å². The normalized spacial score (nSPS) is 11.8. The first-order valence-electron chi connectivity index (χ1n) is 5.13. The summed E-state index contributed by atoms with van der Waals surface area (Å²) in [6, 6.07) is 0. The Morgan fingerprint density at radius 3 is 2.31 bits per heavy atom. The van der Waals surface area contributed by atoms with Gasteiger partial charge in [0.05, 0.1) is 0 Å². The van der Waals surface area contributed by atoms with Crippen LogP contribution in [-0.4, -0.2) is 23.1 Å². The molecule has 0 radical (unpaired) electrons. The van der Waals surface area contributed by atoms with Gasteiger partial charge in [0, 0.05) is 12.4 Å². The van der Waals surface area contributed by atoms with Crippen molar-refractivity contribution in [3.8, 4) is 0 Å². The van der Waals surface area contributed by atoms with Crippen molar-refractivity contribution >= 4 is 0 Å². The molecule has 3 nitrogen and oxygen atoms in total. The summed E-state index contributed by atoms with van der Waals surface area (Å²) >= 11 is 0. The number of aromatic nitrogens is 2. The summed E-state index contributed by atoms with van der Waals surface area (Å²) in [5.74, 6) is -1.09. The molecule has 0 aromatic carbocycles. The molecule has 0 aliphatic heterocycles. The van der Waals surface area contributed by atoms with Gasteiger partial charge in [0.15, 0.2) is 0 Å². The molecule has 0 saturated carbocycles. The third kappa shape index (κ3) is 4.14. The van der Waals surface area contributed by atoms with Crippen LogP contribution in [0.3, 0.4) is 0 Å². The Bertz CT molecular complexity index is 308. The quantitative estimate of drug-likeness (QED) is 0.791. The van der Waals surface area contributed by atoms with Crippen molar-refractivity contribution < 1.29 is 13.2 Å². The topological polar surface area (TPSA) is 37.8 Å². The van der Waals surface area contributed by atoms with Gasteiger partial charge in [-0.05, 0) is 31.5 Å². The molecule has 0 atom stereocenters. The Morgan fingerprint density at radius 2 is 1.81 bits per heavy atom. The van der Waals surface area contributed by atoms with E-state index in [9.17, 15) is 13.2 Å². The van der Waals surface area contributed by atoms with Crippen LogP contribution in [-0.2, 0) is 12.6 Å². The molecule has 1 heterocycles. The van der Waals surface area contributed by atoms with Crippen LogP contribution >= 0.6 is 0 Å². The molecule has 1 rings (SSSR count). The van der Waals surface area contributed by atoms with Gasteiger partial charge < -0.3 is 5.32 Å². The molecule has 1 aromatic heterocycles. The molecule has 0 aliphatic rings.